The molecule has 0 spiro atoms. The van der Waals surface area contributed by atoms with Crippen molar-refractivity contribution in [3.8, 4) is 85.0 Å². The number of alkyl carbamates (subject to hydrolysis) is 2. The van der Waals surface area contributed by atoms with E-state index in [-0.39, 0.29) is 23.3 Å². The van der Waals surface area contributed by atoms with Gasteiger partial charge in [0.15, 0.2) is 17.5 Å². The minimum Gasteiger partial charge on any atom is -0.444 e. The second-order valence-electron chi connectivity index (χ2n) is 32.1. The Morgan fingerprint density at radius 1 is 0.491 bits per heavy atom. The average Bonchev–Trinajstić information content (AvgIpc) is 1.58. The zero-order valence-corrected chi connectivity index (χ0v) is 68.1. The Hall–Kier alpha value is -11.5. The first-order valence-corrected chi connectivity index (χ1v) is 40.6. The summed E-state index contributed by atoms with van der Waals surface area (Å²) in [6, 6.07) is 62.5. The summed E-state index contributed by atoms with van der Waals surface area (Å²) >= 11 is 3.74. The number of para-hydroxylation sites is 3. The summed E-state index contributed by atoms with van der Waals surface area (Å²) < 4.78 is 23.7. The minimum atomic E-state index is -0.538. The van der Waals surface area contributed by atoms with Gasteiger partial charge in [0.05, 0.1) is 79.8 Å². The summed E-state index contributed by atoms with van der Waals surface area (Å²) in [5.41, 5.74) is 25.4. The fourth-order valence-corrected chi connectivity index (χ4v) is 16.7. The van der Waals surface area contributed by atoms with Crippen LogP contribution in [0, 0.1) is 0 Å². The lowest BCUT2D eigenvalue weighted by Crippen LogP contribution is -2.52. The second kappa shape index (κ2) is 32.2. The Morgan fingerprint density at radius 2 is 0.842 bits per heavy atom. The van der Waals surface area contributed by atoms with Crippen LogP contribution in [-0.2, 0) is 43.7 Å². The van der Waals surface area contributed by atoms with Crippen LogP contribution in [0.3, 0.4) is 0 Å². The van der Waals surface area contributed by atoms with Crippen molar-refractivity contribution in [3.05, 3.63) is 246 Å². The smallest absolute Gasteiger partial charge is 0.408 e. The lowest BCUT2D eigenvalue weighted by Gasteiger charge is -2.43. The lowest BCUT2D eigenvalue weighted by molar-refractivity contribution is 0.0365. The SMILES string of the molecule is C=C.CC(C)(C)OC(=O)NC1(c2ccc(-c3c(Br)nc4n3-c3cccnc3Nc3ccccc3-4)cc2)CCC1.CC1CCCO1.CCc1nc2n(c1-c1ccc(C3(N)CCC3)cc1)-c1cccnc1Nc1ccccc1-2.CCc1nc2n(c1-c1ccc(C3(NC(=O)OC(C)(C)C)CCC3)cc1)-c1cccnc1Nc1ccccc1-2. The third kappa shape index (κ3) is 15.5. The largest absolute Gasteiger partial charge is 0.444 e. The van der Waals surface area contributed by atoms with E-state index in [1.165, 1.54) is 24.8 Å². The molecule has 1 atom stereocenters. The minimum absolute atomic E-state index is 0.153. The van der Waals surface area contributed by atoms with Crippen molar-refractivity contribution in [3.63, 3.8) is 0 Å². The normalized spacial score (nSPS) is 16.1. The molecule has 6 aromatic carbocycles. The van der Waals surface area contributed by atoms with Gasteiger partial charge in [0.25, 0.3) is 0 Å². The number of nitrogens with zero attached hydrogens (tertiary/aromatic N) is 9. The first-order valence-electron chi connectivity index (χ1n) is 39.8. The van der Waals surface area contributed by atoms with Gasteiger partial charge in [0, 0.05) is 64.1 Å². The number of aromatic nitrogens is 9. The Morgan fingerprint density at radius 3 is 1.16 bits per heavy atom. The van der Waals surface area contributed by atoms with Crippen molar-refractivity contribution in [2.24, 2.45) is 5.73 Å². The lowest BCUT2D eigenvalue weighted by atomic mass is 9.71. The van der Waals surface area contributed by atoms with Gasteiger partial charge >= 0.3 is 12.2 Å². The maximum Gasteiger partial charge on any atom is 0.408 e. The molecular formula is C93H100BrN15O5. The van der Waals surface area contributed by atoms with E-state index in [0.29, 0.717) is 6.10 Å². The fraction of sp³-hybridized carbons (Fsp3) is 0.312. The first kappa shape index (κ1) is 77.8. The fourth-order valence-electron chi connectivity index (χ4n) is 16.1. The van der Waals surface area contributed by atoms with E-state index < -0.39 is 16.7 Å². The molecule has 0 bridgehead atoms. The van der Waals surface area contributed by atoms with E-state index >= 15 is 0 Å². The molecule has 0 radical (unpaired) electrons. The van der Waals surface area contributed by atoms with Crippen molar-refractivity contribution in [2.75, 3.05) is 22.6 Å². The second-order valence-corrected chi connectivity index (χ2v) is 32.8. The number of rotatable bonds is 10. The summed E-state index contributed by atoms with van der Waals surface area (Å²) in [5, 5.41) is 16.8. The van der Waals surface area contributed by atoms with Crippen LogP contribution in [0.4, 0.5) is 44.1 Å². The molecule has 21 heteroatoms. The summed E-state index contributed by atoms with van der Waals surface area (Å²) in [6.45, 7) is 24.7. The number of carbonyl (C=O) groups excluding carboxylic acids is 2. The molecule has 3 saturated carbocycles. The first-order chi connectivity index (χ1) is 55.1. The molecule has 1 saturated heterocycles. The molecule has 2 amide bonds. The number of benzene rings is 6. The molecule has 20 nitrogen and oxygen atoms in total. The molecule has 4 fully saturated rings. The number of nitrogens with one attached hydrogen (secondary N) is 5. The zero-order valence-electron chi connectivity index (χ0n) is 66.5. The van der Waals surface area contributed by atoms with Gasteiger partial charge in [-0.05, 0) is 237 Å². The number of hydrogen-bond donors (Lipinski definition) is 6. The van der Waals surface area contributed by atoms with Gasteiger partial charge in [-0.25, -0.2) is 39.5 Å². The van der Waals surface area contributed by atoms with E-state index in [9.17, 15) is 9.59 Å². The molecule has 114 heavy (non-hydrogen) atoms. The molecule has 7 aliphatic rings. The van der Waals surface area contributed by atoms with Crippen LogP contribution < -0.4 is 32.3 Å². The van der Waals surface area contributed by atoms with Gasteiger partial charge in [0.1, 0.15) is 33.3 Å². The quantitative estimate of drug-likeness (QED) is 0.0698. The molecule has 1 unspecified atom stereocenters. The molecule has 4 aliphatic heterocycles. The Labute approximate surface area is 676 Å². The van der Waals surface area contributed by atoms with Crippen LogP contribution in [0.5, 0.6) is 0 Å². The van der Waals surface area contributed by atoms with Crippen LogP contribution in [0.2, 0.25) is 0 Å². The number of aryl methyl sites for hydroxylation is 2. The van der Waals surface area contributed by atoms with Gasteiger partial charge in [-0.2, -0.15) is 0 Å². The van der Waals surface area contributed by atoms with Gasteiger partial charge in [-0.1, -0.05) is 123 Å². The number of halogens is 1. The number of carbonyl (C=O) groups is 2. The van der Waals surface area contributed by atoms with Crippen LogP contribution in [0.1, 0.15) is 161 Å². The van der Waals surface area contributed by atoms with E-state index in [2.05, 4.69) is 226 Å². The van der Waals surface area contributed by atoms with Crippen molar-refractivity contribution in [1.82, 2.24) is 54.2 Å². The Kier molecular flexibility index (Phi) is 21.9. The summed E-state index contributed by atoms with van der Waals surface area (Å²) in [5.74, 6) is 5.08. The topological polar surface area (TPSA) is 240 Å². The van der Waals surface area contributed by atoms with E-state index in [1.54, 1.807) is 12.4 Å². The average molecular weight is 1590 g/mol. The Bertz CT molecular complexity index is 5500. The van der Waals surface area contributed by atoms with Crippen LogP contribution >= 0.6 is 15.9 Å². The number of nitrogens with two attached hydrogens (primary N) is 1. The standard InChI is InChI=1S/C31H33N5O2.C29H28BrN5O2.C26H25N5.C5H10O.C2H4/c1-5-23-26(20-13-15-21(16-14-20)31(17-9-18-31)35-29(37)38-30(2,3)4)36-25-12-8-19-32-27(25)33-24-11-7-6-10-22(24)28(36)34-23;1-28(2,3)37-27(36)34-29(15-7-16-29)19-13-11-18(12-14-19)23-24(30)33-26-20-8-4-5-9-21(20)32-25-22(35(23)26)10-6-17-31-25;1-2-20-23(17-10-12-18(13-11-17)26(27)14-6-15-26)31-22-9-5-16-28-24(22)29-21-8-4-3-7-19(21)25(31)30-20;1-5-3-2-4-6-5;1-2/h6-8,10-16,19H,5,9,17-18H2,1-4H3,(H,32,33)(H,35,37);4-6,8-14,17H,7,15-16H2,1-3H3,(H,31,32)(H,34,36);3-5,7-13,16H,2,6,14-15,27H2,1H3,(H,28,29);5H,2-4H2,1H3;1-2H2. The predicted octanol–water partition coefficient (Wildman–Crippen LogP) is 22.0. The van der Waals surface area contributed by atoms with Gasteiger partial charge in [0.2, 0.25) is 0 Å². The molecule has 584 valence electrons. The van der Waals surface area contributed by atoms with E-state index in [4.69, 9.17) is 34.9 Å². The number of pyridine rings is 3. The molecule has 3 aliphatic carbocycles. The van der Waals surface area contributed by atoms with Crippen molar-refractivity contribution >= 4 is 62.6 Å². The number of anilines is 6. The molecule has 10 heterocycles. The number of amides is 2. The number of ether oxygens (including phenoxy) is 3. The third-order valence-electron chi connectivity index (χ3n) is 22.2. The van der Waals surface area contributed by atoms with E-state index in [0.717, 1.165) is 217 Å². The number of imidazole rings is 3. The third-order valence-corrected chi connectivity index (χ3v) is 22.8. The van der Waals surface area contributed by atoms with Gasteiger partial charge in [-0.3, -0.25) is 13.7 Å². The van der Waals surface area contributed by atoms with E-state index in [1.807, 2.05) is 108 Å². The Balaban J connectivity index is 0.000000129. The van der Waals surface area contributed by atoms with Crippen molar-refractivity contribution in [1.29, 1.82) is 0 Å². The summed E-state index contributed by atoms with van der Waals surface area (Å²) in [4.78, 5) is 54.3. The maximum absolute atomic E-state index is 12.6. The highest BCUT2D eigenvalue weighted by Gasteiger charge is 2.44. The van der Waals surface area contributed by atoms with Crippen molar-refractivity contribution in [2.45, 2.75) is 180 Å². The predicted molar refractivity (Wildman–Crippen MR) is 458 cm³/mol. The molecule has 19 rings (SSSR count). The zero-order chi connectivity index (χ0) is 79.7. The highest BCUT2D eigenvalue weighted by atomic mass is 79.9. The highest BCUT2D eigenvalue weighted by molar-refractivity contribution is 9.10. The van der Waals surface area contributed by atoms with Crippen LogP contribution in [-0.4, -0.2) is 79.7 Å². The summed E-state index contributed by atoms with van der Waals surface area (Å²) in [6.07, 6.45) is 18.4. The summed E-state index contributed by atoms with van der Waals surface area (Å²) in [7, 11) is 0. The number of hydrogen-bond acceptors (Lipinski definition) is 15. The maximum atomic E-state index is 12.6. The van der Waals surface area contributed by atoms with Gasteiger partial charge in [-0.15, -0.1) is 13.2 Å². The molecule has 6 aromatic heterocycles. The molecule has 12 aromatic rings. The van der Waals surface area contributed by atoms with Crippen molar-refractivity contribution < 1.29 is 23.8 Å². The molecular weight excluding hydrogens is 1490 g/mol. The number of fused-ring (bicyclic) bond motifs is 15. The van der Waals surface area contributed by atoms with Crippen LogP contribution in [0.15, 0.2) is 218 Å². The highest BCUT2D eigenvalue weighted by Crippen LogP contribution is 2.50. The van der Waals surface area contributed by atoms with Gasteiger partial charge < -0.3 is 46.5 Å². The monoisotopic (exact) mass is 1590 g/mol. The molecule has 7 N–H and O–H groups in total. The van der Waals surface area contributed by atoms with Crippen LogP contribution in [0.25, 0.3) is 85.0 Å².